The van der Waals surface area contributed by atoms with Gasteiger partial charge in [-0.2, -0.15) is 14.6 Å². The number of nitrogens with zero attached hydrogens (tertiary/aromatic N) is 4. The molecule has 0 radical (unpaired) electrons. The van der Waals surface area contributed by atoms with Gasteiger partial charge in [0.15, 0.2) is 5.65 Å². The minimum Gasteiger partial charge on any atom is -0.348 e. The van der Waals surface area contributed by atoms with Crippen LogP contribution in [0.5, 0.6) is 0 Å². The number of benzene rings is 1. The van der Waals surface area contributed by atoms with Gasteiger partial charge in [0.05, 0.1) is 12.2 Å². The maximum atomic E-state index is 4.55. The molecule has 1 atom stereocenters. The summed E-state index contributed by atoms with van der Waals surface area (Å²) in [6, 6.07) is 10.5. The van der Waals surface area contributed by atoms with Gasteiger partial charge in [-0.15, -0.1) is 0 Å². The first-order chi connectivity index (χ1) is 10.6. The van der Waals surface area contributed by atoms with Crippen LogP contribution in [0.3, 0.4) is 0 Å². The fourth-order valence-electron chi connectivity index (χ4n) is 2.52. The summed E-state index contributed by atoms with van der Waals surface area (Å²) in [6.07, 6.45) is 1.88. The van der Waals surface area contributed by atoms with Crippen LogP contribution in [0.2, 0.25) is 0 Å². The molecule has 5 heteroatoms. The summed E-state index contributed by atoms with van der Waals surface area (Å²) in [7, 11) is 0. The number of anilines is 1. The number of rotatable bonds is 4. The van der Waals surface area contributed by atoms with Gasteiger partial charge >= 0.3 is 0 Å². The summed E-state index contributed by atoms with van der Waals surface area (Å²) < 4.78 is 1.79. The molecule has 0 aliphatic rings. The Morgan fingerprint density at radius 3 is 2.45 bits per heavy atom. The molecular formula is C17H21N5. The molecule has 0 bridgehead atoms. The van der Waals surface area contributed by atoms with Crippen molar-refractivity contribution in [2.45, 2.75) is 39.7 Å². The fraction of sp³-hybridized carbons (Fsp3) is 0.353. The van der Waals surface area contributed by atoms with Crippen molar-refractivity contribution in [2.75, 3.05) is 5.32 Å². The quantitative estimate of drug-likeness (QED) is 0.797. The zero-order valence-corrected chi connectivity index (χ0v) is 13.4. The van der Waals surface area contributed by atoms with Crippen LogP contribution in [0, 0.1) is 6.92 Å². The number of fused-ring (bicyclic) bond motifs is 1. The van der Waals surface area contributed by atoms with Crippen LogP contribution in [-0.4, -0.2) is 19.6 Å². The minimum atomic E-state index is 0.144. The van der Waals surface area contributed by atoms with E-state index in [4.69, 9.17) is 0 Å². The van der Waals surface area contributed by atoms with Crippen LogP contribution < -0.4 is 5.32 Å². The summed E-state index contributed by atoms with van der Waals surface area (Å²) in [6.45, 7) is 8.32. The topological polar surface area (TPSA) is 55.1 Å². The number of aryl methyl sites for hydroxylation is 1. The zero-order chi connectivity index (χ0) is 15.7. The van der Waals surface area contributed by atoms with Crippen LogP contribution in [0.15, 0.2) is 36.5 Å². The van der Waals surface area contributed by atoms with Crippen LogP contribution in [0.4, 0.5) is 5.95 Å². The fourth-order valence-corrected chi connectivity index (χ4v) is 2.52. The van der Waals surface area contributed by atoms with Gasteiger partial charge in [0.25, 0.3) is 0 Å². The third kappa shape index (κ3) is 2.66. The van der Waals surface area contributed by atoms with Gasteiger partial charge in [-0.25, -0.2) is 4.98 Å². The van der Waals surface area contributed by atoms with E-state index in [1.807, 2.05) is 31.3 Å². The van der Waals surface area contributed by atoms with Gasteiger partial charge in [0, 0.05) is 5.56 Å². The van der Waals surface area contributed by atoms with Gasteiger partial charge in [-0.1, -0.05) is 44.2 Å². The summed E-state index contributed by atoms with van der Waals surface area (Å²) in [5.74, 6) is 1.86. The van der Waals surface area contributed by atoms with Crippen LogP contribution in [-0.2, 0) is 0 Å². The lowest BCUT2D eigenvalue weighted by Crippen LogP contribution is -2.13. The lowest BCUT2D eigenvalue weighted by Gasteiger charge is -2.16. The Labute approximate surface area is 130 Å². The van der Waals surface area contributed by atoms with E-state index < -0.39 is 0 Å². The van der Waals surface area contributed by atoms with E-state index in [-0.39, 0.29) is 6.04 Å². The van der Waals surface area contributed by atoms with Gasteiger partial charge in [0.2, 0.25) is 5.95 Å². The highest BCUT2D eigenvalue weighted by Crippen LogP contribution is 2.23. The van der Waals surface area contributed by atoms with Crippen LogP contribution >= 0.6 is 0 Å². The average molecular weight is 295 g/mol. The molecule has 0 aliphatic carbocycles. The second-order valence-corrected chi connectivity index (χ2v) is 5.86. The molecule has 1 aromatic carbocycles. The SMILES string of the molecule is Cc1nc(N[C@@H](C)c2ccccc2)n2ncc(C(C)C)c2n1. The maximum absolute atomic E-state index is 4.55. The molecule has 0 unspecified atom stereocenters. The molecule has 3 aromatic rings. The molecule has 22 heavy (non-hydrogen) atoms. The third-order valence-electron chi connectivity index (χ3n) is 3.77. The number of nitrogens with one attached hydrogen (secondary N) is 1. The van der Waals surface area contributed by atoms with Crippen molar-refractivity contribution in [3.05, 3.63) is 53.5 Å². The Morgan fingerprint density at radius 1 is 1.05 bits per heavy atom. The molecule has 0 fully saturated rings. The van der Waals surface area contributed by atoms with Crippen molar-refractivity contribution in [1.29, 1.82) is 0 Å². The van der Waals surface area contributed by atoms with E-state index >= 15 is 0 Å². The van der Waals surface area contributed by atoms with E-state index in [1.54, 1.807) is 4.52 Å². The Hall–Kier alpha value is -2.43. The van der Waals surface area contributed by atoms with Crippen molar-refractivity contribution in [1.82, 2.24) is 19.6 Å². The predicted octanol–water partition coefficient (Wildman–Crippen LogP) is 3.73. The van der Waals surface area contributed by atoms with Crippen molar-refractivity contribution >= 4 is 11.6 Å². The van der Waals surface area contributed by atoms with Crippen molar-refractivity contribution in [3.8, 4) is 0 Å². The highest BCUT2D eigenvalue weighted by atomic mass is 15.3. The summed E-state index contributed by atoms with van der Waals surface area (Å²) in [5, 5.41) is 7.90. The molecule has 114 valence electrons. The van der Waals surface area contributed by atoms with E-state index in [0.29, 0.717) is 5.92 Å². The Morgan fingerprint density at radius 2 is 1.77 bits per heavy atom. The monoisotopic (exact) mass is 295 g/mol. The standard InChI is InChI=1S/C17H21N5/c1-11(2)15-10-18-22-16(15)20-13(4)21-17(22)19-12(3)14-8-6-5-7-9-14/h5-12H,1-4H3,(H,19,20,21)/t12-/m0/s1. The lowest BCUT2D eigenvalue weighted by atomic mass is 10.1. The molecule has 0 saturated heterocycles. The highest BCUT2D eigenvalue weighted by Gasteiger charge is 2.15. The van der Waals surface area contributed by atoms with Gasteiger partial charge in [-0.3, -0.25) is 0 Å². The van der Waals surface area contributed by atoms with Gasteiger partial charge in [0.1, 0.15) is 5.82 Å². The van der Waals surface area contributed by atoms with Gasteiger partial charge in [-0.05, 0) is 25.3 Å². The number of hydrogen-bond donors (Lipinski definition) is 1. The minimum absolute atomic E-state index is 0.144. The van der Waals surface area contributed by atoms with E-state index in [9.17, 15) is 0 Å². The first-order valence-corrected chi connectivity index (χ1v) is 7.60. The van der Waals surface area contributed by atoms with Crippen molar-refractivity contribution < 1.29 is 0 Å². The molecule has 2 heterocycles. The number of aromatic nitrogens is 4. The summed E-state index contributed by atoms with van der Waals surface area (Å²) >= 11 is 0. The Bertz CT molecular complexity index is 776. The van der Waals surface area contributed by atoms with E-state index in [1.165, 1.54) is 5.56 Å². The molecule has 5 nitrogen and oxygen atoms in total. The molecule has 0 amide bonds. The van der Waals surface area contributed by atoms with Gasteiger partial charge < -0.3 is 5.32 Å². The molecular weight excluding hydrogens is 274 g/mol. The summed E-state index contributed by atoms with van der Waals surface area (Å²) in [4.78, 5) is 9.06. The molecule has 3 rings (SSSR count). The summed E-state index contributed by atoms with van der Waals surface area (Å²) in [5.41, 5.74) is 3.23. The number of hydrogen-bond acceptors (Lipinski definition) is 4. The first-order valence-electron chi connectivity index (χ1n) is 7.60. The molecule has 0 saturated carbocycles. The highest BCUT2D eigenvalue weighted by molar-refractivity contribution is 5.52. The average Bonchev–Trinajstić information content (AvgIpc) is 2.92. The Balaban J connectivity index is 2.00. The van der Waals surface area contributed by atoms with Crippen molar-refractivity contribution in [2.24, 2.45) is 0 Å². The second kappa shape index (κ2) is 5.75. The molecule has 1 N–H and O–H groups in total. The largest absolute Gasteiger partial charge is 0.348 e. The van der Waals surface area contributed by atoms with E-state index in [2.05, 4.69) is 53.3 Å². The maximum Gasteiger partial charge on any atom is 0.228 e. The molecule has 0 spiro atoms. The Kier molecular flexibility index (Phi) is 3.79. The van der Waals surface area contributed by atoms with E-state index in [0.717, 1.165) is 23.0 Å². The first kappa shape index (κ1) is 14.5. The molecule has 2 aromatic heterocycles. The predicted molar refractivity (Wildman–Crippen MR) is 88.1 cm³/mol. The second-order valence-electron chi connectivity index (χ2n) is 5.86. The lowest BCUT2D eigenvalue weighted by molar-refractivity contribution is 0.803. The molecule has 0 aliphatic heterocycles. The normalized spacial score (nSPS) is 12.8. The third-order valence-corrected chi connectivity index (χ3v) is 3.77. The van der Waals surface area contributed by atoms with Crippen LogP contribution in [0.25, 0.3) is 5.65 Å². The smallest absolute Gasteiger partial charge is 0.228 e. The van der Waals surface area contributed by atoms with Crippen LogP contribution in [0.1, 0.15) is 49.7 Å². The zero-order valence-electron chi connectivity index (χ0n) is 13.4. The van der Waals surface area contributed by atoms with Crippen molar-refractivity contribution in [3.63, 3.8) is 0 Å².